The van der Waals surface area contributed by atoms with E-state index >= 15 is 0 Å². The van der Waals surface area contributed by atoms with Crippen LogP contribution in [-0.4, -0.2) is 19.6 Å². The second-order valence-electron chi connectivity index (χ2n) is 3.29. The fourth-order valence-corrected chi connectivity index (χ4v) is 1.59. The molecule has 0 aromatic heterocycles. The first-order valence-electron chi connectivity index (χ1n) is 4.27. The number of ether oxygens (including phenoxy) is 1. The minimum Gasteiger partial charge on any atom is -0.385 e. The lowest BCUT2D eigenvalue weighted by Crippen LogP contribution is -2.11. The molecule has 1 atom stereocenters. The van der Waals surface area contributed by atoms with E-state index in [2.05, 4.69) is 13.8 Å². The molecule has 0 spiro atoms. The van der Waals surface area contributed by atoms with Crippen LogP contribution >= 0.6 is 11.6 Å². The molecule has 1 nitrogen and oxygen atoms in total. The van der Waals surface area contributed by atoms with E-state index in [1.165, 1.54) is 6.42 Å². The topological polar surface area (TPSA) is 9.23 Å². The van der Waals surface area contributed by atoms with E-state index in [0.717, 1.165) is 18.9 Å². The summed E-state index contributed by atoms with van der Waals surface area (Å²) in [5, 5.41) is 0. The van der Waals surface area contributed by atoms with Gasteiger partial charge in [-0.25, -0.2) is 0 Å². The first-order valence-corrected chi connectivity index (χ1v) is 4.80. The molecule has 0 N–H and O–H groups in total. The van der Waals surface area contributed by atoms with Crippen LogP contribution in [0.2, 0.25) is 0 Å². The summed E-state index contributed by atoms with van der Waals surface area (Å²) in [5.41, 5.74) is 0. The van der Waals surface area contributed by atoms with Gasteiger partial charge < -0.3 is 4.74 Å². The lowest BCUT2D eigenvalue weighted by molar-refractivity contribution is 0.184. The standard InChI is InChI=1S/C9H19ClO/c1-8(2)9(7-10)5-4-6-11-3/h8-9H,4-7H2,1-3H3. The van der Waals surface area contributed by atoms with Crippen LogP contribution in [0.1, 0.15) is 26.7 Å². The Bertz CT molecular complexity index is 83.6. The summed E-state index contributed by atoms with van der Waals surface area (Å²) in [7, 11) is 1.74. The van der Waals surface area contributed by atoms with E-state index in [-0.39, 0.29) is 0 Å². The smallest absolute Gasteiger partial charge is 0.0462 e. The molecule has 0 rings (SSSR count). The van der Waals surface area contributed by atoms with Crippen LogP contribution in [0.25, 0.3) is 0 Å². The Morgan fingerprint density at radius 3 is 2.36 bits per heavy atom. The number of rotatable bonds is 6. The second kappa shape index (κ2) is 6.93. The quantitative estimate of drug-likeness (QED) is 0.449. The van der Waals surface area contributed by atoms with Crippen LogP contribution in [0.3, 0.4) is 0 Å². The Kier molecular flexibility index (Phi) is 7.09. The molecule has 0 saturated heterocycles. The van der Waals surface area contributed by atoms with Crippen molar-refractivity contribution in [1.29, 1.82) is 0 Å². The van der Waals surface area contributed by atoms with Crippen molar-refractivity contribution < 1.29 is 4.74 Å². The third kappa shape index (κ3) is 5.51. The maximum Gasteiger partial charge on any atom is 0.0462 e. The van der Waals surface area contributed by atoms with Gasteiger partial charge in [-0.1, -0.05) is 13.8 Å². The molecule has 0 heterocycles. The molecular formula is C9H19ClO. The molecule has 0 aliphatic rings. The van der Waals surface area contributed by atoms with Gasteiger partial charge >= 0.3 is 0 Å². The van der Waals surface area contributed by atoms with Gasteiger partial charge in [-0.3, -0.25) is 0 Å². The molecule has 0 aromatic rings. The lowest BCUT2D eigenvalue weighted by Gasteiger charge is -2.16. The summed E-state index contributed by atoms with van der Waals surface area (Å²) < 4.78 is 4.97. The van der Waals surface area contributed by atoms with Crippen molar-refractivity contribution in [3.63, 3.8) is 0 Å². The van der Waals surface area contributed by atoms with Crippen LogP contribution in [0, 0.1) is 11.8 Å². The van der Waals surface area contributed by atoms with Gasteiger partial charge in [-0.05, 0) is 24.7 Å². The summed E-state index contributed by atoms with van der Waals surface area (Å²) in [6.07, 6.45) is 2.32. The van der Waals surface area contributed by atoms with E-state index in [0.29, 0.717) is 11.8 Å². The average molecular weight is 179 g/mol. The van der Waals surface area contributed by atoms with E-state index in [1.54, 1.807) is 7.11 Å². The largest absolute Gasteiger partial charge is 0.385 e. The molecule has 2 heteroatoms. The fraction of sp³-hybridized carbons (Fsp3) is 1.00. The molecule has 0 aliphatic carbocycles. The minimum absolute atomic E-state index is 0.659. The summed E-state index contributed by atoms with van der Waals surface area (Å²) in [5.74, 6) is 2.14. The molecular weight excluding hydrogens is 160 g/mol. The van der Waals surface area contributed by atoms with Crippen molar-refractivity contribution in [3.05, 3.63) is 0 Å². The van der Waals surface area contributed by atoms with Crippen molar-refractivity contribution in [1.82, 2.24) is 0 Å². The zero-order valence-corrected chi connectivity index (χ0v) is 8.53. The van der Waals surface area contributed by atoms with Crippen molar-refractivity contribution in [2.24, 2.45) is 11.8 Å². The highest BCUT2D eigenvalue weighted by Gasteiger charge is 2.10. The first kappa shape index (κ1) is 11.2. The summed E-state index contributed by atoms with van der Waals surface area (Å²) in [6.45, 7) is 5.31. The van der Waals surface area contributed by atoms with Crippen LogP contribution < -0.4 is 0 Å². The predicted octanol–water partition coefficient (Wildman–Crippen LogP) is 2.92. The number of hydrogen-bond donors (Lipinski definition) is 0. The van der Waals surface area contributed by atoms with Crippen LogP contribution in [0.5, 0.6) is 0 Å². The van der Waals surface area contributed by atoms with Crippen LogP contribution in [0.4, 0.5) is 0 Å². The van der Waals surface area contributed by atoms with Gasteiger partial charge in [0.05, 0.1) is 0 Å². The van der Waals surface area contributed by atoms with Gasteiger partial charge in [0.1, 0.15) is 0 Å². The van der Waals surface area contributed by atoms with Gasteiger partial charge in [0, 0.05) is 19.6 Å². The van der Waals surface area contributed by atoms with Crippen molar-refractivity contribution in [3.8, 4) is 0 Å². The van der Waals surface area contributed by atoms with Crippen molar-refractivity contribution in [2.45, 2.75) is 26.7 Å². The molecule has 0 radical (unpaired) electrons. The summed E-state index contributed by atoms with van der Waals surface area (Å²) >= 11 is 5.80. The van der Waals surface area contributed by atoms with E-state index in [1.807, 2.05) is 0 Å². The molecule has 0 aliphatic heterocycles. The predicted molar refractivity (Wildman–Crippen MR) is 50.2 cm³/mol. The zero-order chi connectivity index (χ0) is 8.69. The van der Waals surface area contributed by atoms with Crippen molar-refractivity contribution in [2.75, 3.05) is 19.6 Å². The van der Waals surface area contributed by atoms with E-state index < -0.39 is 0 Å². The SMILES string of the molecule is COCCCC(CCl)C(C)C. The normalized spacial score (nSPS) is 13.9. The Hall–Kier alpha value is 0.250. The molecule has 0 saturated carbocycles. The van der Waals surface area contributed by atoms with Gasteiger partial charge in [0.25, 0.3) is 0 Å². The van der Waals surface area contributed by atoms with Gasteiger partial charge in [0.15, 0.2) is 0 Å². The Labute approximate surface area is 75.1 Å². The Morgan fingerprint density at radius 2 is 2.00 bits per heavy atom. The van der Waals surface area contributed by atoms with Gasteiger partial charge in [-0.15, -0.1) is 11.6 Å². The Balaban J connectivity index is 3.36. The fourth-order valence-electron chi connectivity index (χ4n) is 1.08. The third-order valence-electron chi connectivity index (χ3n) is 2.06. The van der Waals surface area contributed by atoms with Crippen LogP contribution in [-0.2, 0) is 4.74 Å². The summed E-state index contributed by atoms with van der Waals surface area (Å²) in [4.78, 5) is 0. The lowest BCUT2D eigenvalue weighted by atomic mass is 9.93. The molecule has 0 amide bonds. The Morgan fingerprint density at radius 1 is 1.36 bits per heavy atom. The maximum absolute atomic E-state index is 5.80. The van der Waals surface area contributed by atoms with E-state index in [9.17, 15) is 0 Å². The van der Waals surface area contributed by atoms with Crippen molar-refractivity contribution >= 4 is 11.6 Å². The molecule has 68 valence electrons. The summed E-state index contributed by atoms with van der Waals surface area (Å²) in [6, 6.07) is 0. The zero-order valence-electron chi connectivity index (χ0n) is 7.77. The molecule has 0 bridgehead atoms. The first-order chi connectivity index (χ1) is 5.22. The van der Waals surface area contributed by atoms with Gasteiger partial charge in [-0.2, -0.15) is 0 Å². The molecule has 0 aromatic carbocycles. The highest BCUT2D eigenvalue weighted by molar-refractivity contribution is 6.18. The average Bonchev–Trinajstić information content (AvgIpc) is 1.97. The minimum atomic E-state index is 0.659. The number of methoxy groups -OCH3 is 1. The third-order valence-corrected chi connectivity index (χ3v) is 2.46. The number of alkyl halides is 1. The van der Waals surface area contributed by atoms with E-state index in [4.69, 9.17) is 16.3 Å². The highest BCUT2D eigenvalue weighted by Crippen LogP contribution is 2.18. The molecule has 11 heavy (non-hydrogen) atoms. The molecule has 0 fully saturated rings. The molecule has 1 unspecified atom stereocenters. The number of halogens is 1. The van der Waals surface area contributed by atoms with Gasteiger partial charge in [0.2, 0.25) is 0 Å². The number of hydrogen-bond acceptors (Lipinski definition) is 1. The highest BCUT2D eigenvalue weighted by atomic mass is 35.5. The maximum atomic E-state index is 5.80. The monoisotopic (exact) mass is 178 g/mol. The van der Waals surface area contributed by atoms with Crippen LogP contribution in [0.15, 0.2) is 0 Å². The second-order valence-corrected chi connectivity index (χ2v) is 3.60.